The molecule has 1 unspecified atom stereocenters. The van der Waals surface area contributed by atoms with Gasteiger partial charge in [0.15, 0.2) is 0 Å². The summed E-state index contributed by atoms with van der Waals surface area (Å²) in [5.74, 6) is 0.641. The second-order valence-electron chi connectivity index (χ2n) is 5.01. The quantitative estimate of drug-likeness (QED) is 0.887. The first kappa shape index (κ1) is 13.1. The molecule has 0 bridgehead atoms. The van der Waals surface area contributed by atoms with Gasteiger partial charge in [0, 0.05) is 18.7 Å². The molecule has 98 valence electrons. The van der Waals surface area contributed by atoms with E-state index in [1.165, 1.54) is 0 Å². The van der Waals surface area contributed by atoms with Crippen LogP contribution in [0.25, 0.3) is 0 Å². The number of aryl methyl sites for hydroxylation is 1. The minimum atomic E-state index is 0.172. The third-order valence-corrected chi connectivity index (χ3v) is 3.77. The van der Waals surface area contributed by atoms with Crippen LogP contribution in [-0.4, -0.2) is 30.4 Å². The van der Waals surface area contributed by atoms with Gasteiger partial charge in [-0.2, -0.15) is 0 Å². The number of benzene rings is 1. The van der Waals surface area contributed by atoms with Crippen molar-refractivity contribution in [2.45, 2.75) is 26.2 Å². The molecule has 1 aliphatic heterocycles. The summed E-state index contributed by atoms with van der Waals surface area (Å²) in [5, 5.41) is 0. The molecule has 0 saturated carbocycles. The van der Waals surface area contributed by atoms with Crippen LogP contribution in [0.1, 0.15) is 35.7 Å². The van der Waals surface area contributed by atoms with E-state index in [0.717, 1.165) is 43.5 Å². The van der Waals surface area contributed by atoms with E-state index in [-0.39, 0.29) is 5.91 Å². The van der Waals surface area contributed by atoms with Crippen LogP contribution in [0.4, 0.5) is 0 Å². The Morgan fingerprint density at radius 1 is 1.44 bits per heavy atom. The lowest BCUT2D eigenvalue weighted by Gasteiger charge is -2.32. The second-order valence-corrected chi connectivity index (χ2v) is 5.01. The van der Waals surface area contributed by atoms with Crippen LogP contribution >= 0.6 is 0 Å². The van der Waals surface area contributed by atoms with Crippen molar-refractivity contribution in [2.24, 2.45) is 11.7 Å². The maximum absolute atomic E-state index is 12.5. The van der Waals surface area contributed by atoms with Gasteiger partial charge < -0.3 is 10.6 Å². The summed E-state index contributed by atoms with van der Waals surface area (Å²) in [4.78, 5) is 14.5. The molecule has 0 radical (unpaired) electrons. The van der Waals surface area contributed by atoms with Crippen molar-refractivity contribution in [3.05, 3.63) is 35.4 Å². The number of piperidine rings is 1. The normalized spacial score (nSPS) is 19.9. The Balaban J connectivity index is 2.15. The topological polar surface area (TPSA) is 46.3 Å². The van der Waals surface area contributed by atoms with Crippen molar-refractivity contribution in [1.82, 2.24) is 4.90 Å². The standard InChI is InChI=1S/C15H22N2O/c1-2-13-7-3-4-8-14(13)15(18)17-9-5-6-12(10-16)11-17/h3-4,7-8,12H,2,5-6,9-11,16H2,1H3. The Morgan fingerprint density at radius 2 is 2.22 bits per heavy atom. The Morgan fingerprint density at radius 3 is 2.94 bits per heavy atom. The summed E-state index contributed by atoms with van der Waals surface area (Å²) in [6, 6.07) is 7.91. The minimum Gasteiger partial charge on any atom is -0.338 e. The van der Waals surface area contributed by atoms with Gasteiger partial charge in [-0.15, -0.1) is 0 Å². The lowest BCUT2D eigenvalue weighted by Crippen LogP contribution is -2.42. The summed E-state index contributed by atoms with van der Waals surface area (Å²) in [6.07, 6.45) is 3.12. The number of hydrogen-bond donors (Lipinski definition) is 1. The molecular weight excluding hydrogens is 224 g/mol. The van der Waals surface area contributed by atoms with E-state index in [2.05, 4.69) is 6.92 Å². The number of amides is 1. The molecule has 1 aromatic carbocycles. The first-order valence-electron chi connectivity index (χ1n) is 6.83. The molecule has 1 fully saturated rings. The largest absolute Gasteiger partial charge is 0.338 e. The van der Waals surface area contributed by atoms with Gasteiger partial charge in [0.25, 0.3) is 5.91 Å². The van der Waals surface area contributed by atoms with Crippen LogP contribution in [0.5, 0.6) is 0 Å². The molecule has 3 heteroatoms. The summed E-state index contributed by atoms with van der Waals surface area (Å²) in [7, 11) is 0. The Bertz CT molecular complexity index is 417. The summed E-state index contributed by atoms with van der Waals surface area (Å²) < 4.78 is 0. The minimum absolute atomic E-state index is 0.172. The highest BCUT2D eigenvalue weighted by atomic mass is 16.2. The molecule has 0 aliphatic carbocycles. The summed E-state index contributed by atoms with van der Waals surface area (Å²) >= 11 is 0. The molecule has 18 heavy (non-hydrogen) atoms. The maximum atomic E-state index is 12.5. The van der Waals surface area contributed by atoms with Gasteiger partial charge in [-0.25, -0.2) is 0 Å². The van der Waals surface area contributed by atoms with Crippen molar-refractivity contribution in [3.8, 4) is 0 Å². The fourth-order valence-corrected chi connectivity index (χ4v) is 2.65. The number of carbonyl (C=O) groups is 1. The highest BCUT2D eigenvalue weighted by Gasteiger charge is 2.24. The van der Waals surface area contributed by atoms with Crippen LogP contribution in [0.3, 0.4) is 0 Å². The van der Waals surface area contributed by atoms with Gasteiger partial charge >= 0.3 is 0 Å². The number of nitrogens with two attached hydrogens (primary N) is 1. The number of likely N-dealkylation sites (tertiary alicyclic amines) is 1. The Labute approximate surface area is 109 Å². The second kappa shape index (κ2) is 6.01. The van der Waals surface area contributed by atoms with E-state index in [4.69, 9.17) is 5.73 Å². The fourth-order valence-electron chi connectivity index (χ4n) is 2.65. The molecule has 0 aromatic heterocycles. The van der Waals surface area contributed by atoms with Gasteiger partial charge in [-0.1, -0.05) is 25.1 Å². The maximum Gasteiger partial charge on any atom is 0.254 e. The van der Waals surface area contributed by atoms with E-state index in [1.807, 2.05) is 29.2 Å². The molecule has 3 nitrogen and oxygen atoms in total. The molecule has 1 heterocycles. The zero-order valence-electron chi connectivity index (χ0n) is 11.1. The van der Waals surface area contributed by atoms with Crippen LogP contribution in [-0.2, 0) is 6.42 Å². The first-order valence-corrected chi connectivity index (χ1v) is 6.83. The number of hydrogen-bond acceptors (Lipinski definition) is 2. The monoisotopic (exact) mass is 246 g/mol. The summed E-state index contributed by atoms with van der Waals surface area (Å²) in [5.41, 5.74) is 7.72. The van der Waals surface area contributed by atoms with Gasteiger partial charge in [0.2, 0.25) is 0 Å². The molecule has 1 aliphatic rings. The van der Waals surface area contributed by atoms with Crippen molar-refractivity contribution in [2.75, 3.05) is 19.6 Å². The van der Waals surface area contributed by atoms with Crippen molar-refractivity contribution >= 4 is 5.91 Å². The highest BCUT2D eigenvalue weighted by molar-refractivity contribution is 5.95. The average molecular weight is 246 g/mol. The van der Waals surface area contributed by atoms with Gasteiger partial charge in [0.05, 0.1) is 0 Å². The van der Waals surface area contributed by atoms with Gasteiger partial charge in [-0.3, -0.25) is 4.79 Å². The van der Waals surface area contributed by atoms with Crippen molar-refractivity contribution in [3.63, 3.8) is 0 Å². The highest BCUT2D eigenvalue weighted by Crippen LogP contribution is 2.19. The molecule has 1 atom stereocenters. The van der Waals surface area contributed by atoms with Gasteiger partial charge in [-0.05, 0) is 43.4 Å². The Kier molecular flexibility index (Phi) is 4.37. The average Bonchev–Trinajstić information content (AvgIpc) is 2.46. The number of carbonyl (C=O) groups excluding carboxylic acids is 1. The van der Waals surface area contributed by atoms with Crippen molar-refractivity contribution in [1.29, 1.82) is 0 Å². The molecule has 2 rings (SSSR count). The molecule has 1 aromatic rings. The summed E-state index contributed by atoms with van der Waals surface area (Å²) in [6.45, 7) is 4.45. The lowest BCUT2D eigenvalue weighted by molar-refractivity contribution is 0.0677. The van der Waals surface area contributed by atoms with Crippen LogP contribution in [0.2, 0.25) is 0 Å². The van der Waals surface area contributed by atoms with Crippen LogP contribution in [0.15, 0.2) is 24.3 Å². The van der Waals surface area contributed by atoms with Crippen molar-refractivity contribution < 1.29 is 4.79 Å². The van der Waals surface area contributed by atoms with E-state index in [9.17, 15) is 4.79 Å². The molecule has 1 saturated heterocycles. The SMILES string of the molecule is CCc1ccccc1C(=O)N1CCCC(CN)C1. The van der Waals surface area contributed by atoms with Gasteiger partial charge in [0.1, 0.15) is 0 Å². The van der Waals surface area contributed by atoms with E-state index in [1.54, 1.807) is 0 Å². The lowest BCUT2D eigenvalue weighted by atomic mass is 9.96. The fraction of sp³-hybridized carbons (Fsp3) is 0.533. The smallest absolute Gasteiger partial charge is 0.254 e. The molecule has 0 spiro atoms. The third kappa shape index (κ3) is 2.72. The number of nitrogens with zero attached hydrogens (tertiary/aromatic N) is 1. The Hall–Kier alpha value is -1.35. The zero-order chi connectivity index (χ0) is 13.0. The molecule has 1 amide bonds. The molecular formula is C15H22N2O. The first-order chi connectivity index (χ1) is 8.76. The van der Waals surface area contributed by atoms with E-state index >= 15 is 0 Å². The predicted octanol–water partition coefficient (Wildman–Crippen LogP) is 2.06. The van der Waals surface area contributed by atoms with Crippen LogP contribution in [0, 0.1) is 5.92 Å². The molecule has 2 N–H and O–H groups in total. The van der Waals surface area contributed by atoms with E-state index in [0.29, 0.717) is 12.5 Å². The van der Waals surface area contributed by atoms with Crippen LogP contribution < -0.4 is 5.73 Å². The zero-order valence-corrected chi connectivity index (χ0v) is 11.1. The van der Waals surface area contributed by atoms with E-state index < -0.39 is 0 Å². The predicted molar refractivity (Wildman–Crippen MR) is 73.5 cm³/mol. The number of rotatable bonds is 3. The third-order valence-electron chi connectivity index (χ3n) is 3.77.